The molecule has 1 unspecified atom stereocenters. The van der Waals surface area contributed by atoms with E-state index in [9.17, 15) is 14.4 Å². The topological polar surface area (TPSA) is 66.5 Å². The van der Waals surface area contributed by atoms with Gasteiger partial charge in [0.2, 0.25) is 5.91 Å². The van der Waals surface area contributed by atoms with E-state index in [2.05, 4.69) is 5.32 Å². The van der Waals surface area contributed by atoms with Gasteiger partial charge in [-0.3, -0.25) is 19.3 Å². The number of imide groups is 1. The summed E-state index contributed by atoms with van der Waals surface area (Å²) in [5, 5.41) is 3.30. The summed E-state index contributed by atoms with van der Waals surface area (Å²) in [6, 6.07) is 1.88. The van der Waals surface area contributed by atoms with Crippen LogP contribution in [-0.4, -0.2) is 35.2 Å². The Balaban J connectivity index is 1.69. The maximum Gasteiger partial charge on any atom is 0.262 e. The van der Waals surface area contributed by atoms with E-state index in [1.807, 2.05) is 0 Å². The number of rotatable bonds is 4. The van der Waals surface area contributed by atoms with Crippen LogP contribution in [0.1, 0.15) is 59.7 Å². The fourth-order valence-electron chi connectivity index (χ4n) is 3.51. The van der Waals surface area contributed by atoms with Crippen molar-refractivity contribution in [2.45, 2.75) is 45.1 Å². The van der Waals surface area contributed by atoms with Gasteiger partial charge in [0.25, 0.3) is 11.8 Å². The van der Waals surface area contributed by atoms with Gasteiger partial charge >= 0.3 is 0 Å². The Labute approximate surface area is 156 Å². The average molecular weight is 383 g/mol. The van der Waals surface area contributed by atoms with Crippen LogP contribution in [0.15, 0.2) is 12.1 Å². The van der Waals surface area contributed by atoms with E-state index < -0.39 is 17.9 Å². The second kappa shape index (κ2) is 7.34. The van der Waals surface area contributed by atoms with Crippen molar-refractivity contribution in [3.05, 3.63) is 33.3 Å². The molecule has 0 saturated heterocycles. The Hall–Kier alpha value is -1.59. The van der Waals surface area contributed by atoms with Crippen LogP contribution in [0.4, 0.5) is 0 Å². The maximum atomic E-state index is 12.5. The summed E-state index contributed by atoms with van der Waals surface area (Å²) in [6.07, 6.45) is 5.85. The normalized spacial score (nSPS) is 19.1. The maximum absolute atomic E-state index is 12.5. The number of carbonyl (C=O) groups is 3. The van der Waals surface area contributed by atoms with Gasteiger partial charge in [-0.25, -0.2) is 0 Å². The van der Waals surface area contributed by atoms with Gasteiger partial charge in [-0.05, 0) is 37.8 Å². The summed E-state index contributed by atoms with van der Waals surface area (Å²) >= 11 is 11.9. The first-order valence-electron chi connectivity index (χ1n) is 8.54. The van der Waals surface area contributed by atoms with Gasteiger partial charge in [-0.1, -0.05) is 42.5 Å². The van der Waals surface area contributed by atoms with Gasteiger partial charge in [-0.15, -0.1) is 0 Å². The lowest BCUT2D eigenvalue weighted by molar-refractivity contribution is -0.124. The Kier molecular flexibility index (Phi) is 5.35. The summed E-state index contributed by atoms with van der Waals surface area (Å²) in [5.74, 6) is -0.875. The smallest absolute Gasteiger partial charge is 0.262 e. The molecule has 2 aliphatic rings. The van der Waals surface area contributed by atoms with Crippen molar-refractivity contribution in [1.82, 2.24) is 10.2 Å². The first kappa shape index (κ1) is 18.2. The van der Waals surface area contributed by atoms with Gasteiger partial charge < -0.3 is 5.32 Å². The molecule has 0 bridgehead atoms. The van der Waals surface area contributed by atoms with Gasteiger partial charge in [0.05, 0.1) is 21.2 Å². The Bertz CT molecular complexity index is 688. The SMILES string of the molecule is CC(C(=O)NCC1CCCCC1)N1C(=O)c2cc(Cl)c(Cl)cc2C1=O. The zero-order valence-electron chi connectivity index (χ0n) is 14.0. The van der Waals surface area contributed by atoms with E-state index in [4.69, 9.17) is 23.2 Å². The highest BCUT2D eigenvalue weighted by Crippen LogP contribution is 2.32. The lowest BCUT2D eigenvalue weighted by Gasteiger charge is -2.25. The van der Waals surface area contributed by atoms with Crippen molar-refractivity contribution >= 4 is 40.9 Å². The summed E-state index contributed by atoms with van der Waals surface area (Å²) in [7, 11) is 0. The highest BCUT2D eigenvalue weighted by Gasteiger charge is 2.41. The van der Waals surface area contributed by atoms with E-state index in [-0.39, 0.29) is 27.1 Å². The minimum absolute atomic E-state index is 0.186. The number of halogens is 2. The molecule has 0 spiro atoms. The molecule has 1 saturated carbocycles. The molecule has 0 radical (unpaired) electrons. The third-order valence-corrected chi connectivity index (χ3v) is 5.74. The molecule has 1 aromatic carbocycles. The second-order valence-electron chi connectivity index (χ2n) is 6.72. The third kappa shape index (κ3) is 3.53. The van der Waals surface area contributed by atoms with Crippen molar-refractivity contribution in [2.75, 3.05) is 6.54 Å². The minimum atomic E-state index is -0.881. The van der Waals surface area contributed by atoms with Crippen molar-refractivity contribution in [3.63, 3.8) is 0 Å². The van der Waals surface area contributed by atoms with Crippen LogP contribution in [0.3, 0.4) is 0 Å². The van der Waals surface area contributed by atoms with Gasteiger partial charge in [0.1, 0.15) is 6.04 Å². The lowest BCUT2D eigenvalue weighted by atomic mass is 9.89. The molecule has 1 N–H and O–H groups in total. The number of nitrogens with one attached hydrogen (secondary N) is 1. The van der Waals surface area contributed by atoms with Crippen molar-refractivity contribution in [1.29, 1.82) is 0 Å². The van der Waals surface area contributed by atoms with Crippen LogP contribution in [0.5, 0.6) is 0 Å². The van der Waals surface area contributed by atoms with Crippen molar-refractivity contribution in [2.24, 2.45) is 5.92 Å². The third-order valence-electron chi connectivity index (χ3n) is 5.02. The molecule has 1 aromatic rings. The predicted molar refractivity (Wildman–Crippen MR) is 96.0 cm³/mol. The van der Waals surface area contributed by atoms with E-state index in [0.29, 0.717) is 12.5 Å². The lowest BCUT2D eigenvalue weighted by Crippen LogP contribution is -2.48. The number of benzene rings is 1. The molecule has 1 heterocycles. The molecule has 1 aliphatic heterocycles. The largest absolute Gasteiger partial charge is 0.354 e. The molecule has 25 heavy (non-hydrogen) atoms. The van der Waals surface area contributed by atoms with E-state index in [1.54, 1.807) is 6.92 Å². The monoisotopic (exact) mass is 382 g/mol. The van der Waals surface area contributed by atoms with E-state index in [0.717, 1.165) is 17.7 Å². The quantitative estimate of drug-likeness (QED) is 0.807. The molecule has 3 amide bonds. The fourth-order valence-corrected chi connectivity index (χ4v) is 3.83. The van der Waals surface area contributed by atoms with Gasteiger partial charge in [0, 0.05) is 6.54 Å². The molecule has 1 fully saturated rings. The number of amides is 3. The first-order chi connectivity index (χ1) is 11.9. The van der Waals surface area contributed by atoms with Crippen LogP contribution in [-0.2, 0) is 4.79 Å². The summed E-state index contributed by atoms with van der Waals surface area (Å²) in [6.45, 7) is 2.14. The summed E-state index contributed by atoms with van der Waals surface area (Å²) in [5.41, 5.74) is 0.373. The number of fused-ring (bicyclic) bond motifs is 1. The average Bonchev–Trinajstić information content (AvgIpc) is 2.84. The van der Waals surface area contributed by atoms with Crippen LogP contribution < -0.4 is 5.32 Å². The highest BCUT2D eigenvalue weighted by atomic mass is 35.5. The Morgan fingerprint density at radius 3 is 2.16 bits per heavy atom. The summed E-state index contributed by atoms with van der Waals surface area (Å²) in [4.78, 5) is 38.5. The van der Waals surface area contributed by atoms with Crippen molar-refractivity contribution < 1.29 is 14.4 Å². The molecule has 1 aliphatic carbocycles. The molecule has 7 heteroatoms. The first-order valence-corrected chi connectivity index (χ1v) is 9.30. The number of carbonyl (C=O) groups excluding carboxylic acids is 3. The fraction of sp³-hybridized carbons (Fsp3) is 0.500. The Morgan fingerprint density at radius 2 is 1.64 bits per heavy atom. The van der Waals surface area contributed by atoms with E-state index in [1.165, 1.54) is 31.4 Å². The zero-order chi connectivity index (χ0) is 18.1. The van der Waals surface area contributed by atoms with E-state index >= 15 is 0 Å². The zero-order valence-corrected chi connectivity index (χ0v) is 15.5. The highest BCUT2D eigenvalue weighted by molar-refractivity contribution is 6.43. The molecule has 1 atom stereocenters. The van der Waals surface area contributed by atoms with Gasteiger partial charge in [0.15, 0.2) is 0 Å². The van der Waals surface area contributed by atoms with Crippen LogP contribution in [0.25, 0.3) is 0 Å². The van der Waals surface area contributed by atoms with Crippen molar-refractivity contribution in [3.8, 4) is 0 Å². The summed E-state index contributed by atoms with van der Waals surface area (Å²) < 4.78 is 0. The van der Waals surface area contributed by atoms with Crippen LogP contribution in [0, 0.1) is 5.92 Å². The number of nitrogens with zero attached hydrogens (tertiary/aromatic N) is 1. The molecule has 0 aromatic heterocycles. The predicted octanol–water partition coefficient (Wildman–Crippen LogP) is 3.67. The molecule has 5 nitrogen and oxygen atoms in total. The standard InChI is InChI=1S/C18H20Cl2N2O3/c1-10(16(23)21-9-11-5-3-2-4-6-11)22-17(24)12-7-14(19)15(20)8-13(12)18(22)25/h7-8,10-11H,2-6,9H2,1H3,(H,21,23). The minimum Gasteiger partial charge on any atom is -0.354 e. The van der Waals surface area contributed by atoms with Crippen LogP contribution >= 0.6 is 23.2 Å². The Morgan fingerprint density at radius 1 is 1.12 bits per heavy atom. The van der Waals surface area contributed by atoms with Gasteiger partial charge in [-0.2, -0.15) is 0 Å². The molecule has 134 valence electrons. The number of hydrogen-bond acceptors (Lipinski definition) is 3. The molecular weight excluding hydrogens is 363 g/mol. The van der Waals surface area contributed by atoms with Crippen LogP contribution in [0.2, 0.25) is 10.0 Å². The number of hydrogen-bond donors (Lipinski definition) is 1. The molecular formula is C18H20Cl2N2O3. The molecule has 3 rings (SSSR count). The second-order valence-corrected chi connectivity index (χ2v) is 7.53.